The summed E-state index contributed by atoms with van der Waals surface area (Å²) in [5, 5.41) is 51.8. The van der Waals surface area contributed by atoms with Crippen molar-refractivity contribution in [3.8, 4) is 0 Å². The van der Waals surface area contributed by atoms with Crippen molar-refractivity contribution in [2.75, 3.05) is 19.8 Å². The highest BCUT2D eigenvalue weighted by Crippen LogP contribution is 2.33. The van der Waals surface area contributed by atoms with Gasteiger partial charge in [0.25, 0.3) is 5.79 Å². The second-order valence-electron chi connectivity index (χ2n) is 6.80. The summed E-state index contributed by atoms with van der Waals surface area (Å²) >= 11 is 0. The number of unbranched alkanes of at least 4 members (excludes halogenated alkanes) is 2. The number of carbonyl (C=O) groups is 2. The van der Waals surface area contributed by atoms with Crippen LogP contribution < -0.4 is 11.1 Å². The highest BCUT2D eigenvalue weighted by atomic mass is 16.7. The molecule has 0 spiro atoms. The Bertz CT molecular complexity index is 507. The lowest BCUT2D eigenvalue weighted by molar-refractivity contribution is -0.311. The van der Waals surface area contributed by atoms with Gasteiger partial charge in [0.15, 0.2) is 0 Å². The largest absolute Gasteiger partial charge is 0.477 e. The number of carbonyl (C=O) groups excluding carboxylic acids is 1. The molecule has 0 aromatic rings. The number of hydrogen-bond acceptors (Lipinski definition) is 9. The van der Waals surface area contributed by atoms with Gasteiger partial charge in [0, 0.05) is 12.8 Å². The molecule has 0 radical (unpaired) electrons. The van der Waals surface area contributed by atoms with E-state index in [4.69, 9.17) is 20.3 Å². The van der Waals surface area contributed by atoms with Crippen molar-refractivity contribution in [1.29, 1.82) is 0 Å². The quantitative estimate of drug-likeness (QED) is 0.172. The zero-order valence-electron chi connectivity index (χ0n) is 16.0. The van der Waals surface area contributed by atoms with Crippen LogP contribution in [0.15, 0.2) is 0 Å². The first-order valence-electron chi connectivity index (χ1n) is 9.42. The van der Waals surface area contributed by atoms with E-state index in [9.17, 15) is 30.0 Å². The van der Waals surface area contributed by atoms with Gasteiger partial charge >= 0.3 is 5.97 Å². The SMILES string of the molecule is CCC(=O)N[C@H]1[C@H]([C@H](O)[C@H](O)CO)O[C@@](OCCCCCN)(C(=O)O)C[C@@H]1O. The third-order valence-electron chi connectivity index (χ3n) is 4.65. The van der Waals surface area contributed by atoms with Gasteiger partial charge in [-0.25, -0.2) is 4.79 Å². The Morgan fingerprint density at radius 3 is 2.54 bits per heavy atom. The standard InChI is InChI=1S/C17H32N2O9/c1-2-12(23)19-13-10(21)8-17(16(25)26,27-7-5-3-4-6-18)28-15(13)14(24)11(22)9-20/h10-11,13-15,20-22,24H,2-9,18H2,1H3,(H,19,23)(H,25,26)/t10-,11+,13+,14+,15+,17+/m0/s1. The van der Waals surface area contributed by atoms with Crippen LogP contribution in [0.2, 0.25) is 0 Å². The predicted molar refractivity (Wildman–Crippen MR) is 96.0 cm³/mol. The molecule has 28 heavy (non-hydrogen) atoms. The van der Waals surface area contributed by atoms with Crippen LogP contribution in [-0.4, -0.2) is 93.4 Å². The molecule has 1 saturated heterocycles. The van der Waals surface area contributed by atoms with E-state index in [1.165, 1.54) is 0 Å². The Hall–Kier alpha value is -1.34. The molecule has 1 rings (SSSR count). The molecule has 0 bridgehead atoms. The maximum absolute atomic E-state index is 11.9. The molecule has 1 fully saturated rings. The summed E-state index contributed by atoms with van der Waals surface area (Å²) in [6, 6.07) is -1.20. The van der Waals surface area contributed by atoms with Gasteiger partial charge in [-0.2, -0.15) is 0 Å². The number of rotatable bonds is 12. The van der Waals surface area contributed by atoms with Crippen LogP contribution in [0, 0.1) is 0 Å². The van der Waals surface area contributed by atoms with Crippen molar-refractivity contribution in [3.63, 3.8) is 0 Å². The van der Waals surface area contributed by atoms with E-state index in [1.807, 2.05) is 0 Å². The highest BCUT2D eigenvalue weighted by Gasteiger charge is 2.55. The van der Waals surface area contributed by atoms with E-state index in [2.05, 4.69) is 5.32 Å². The minimum atomic E-state index is -2.27. The second-order valence-corrected chi connectivity index (χ2v) is 6.80. The van der Waals surface area contributed by atoms with Gasteiger partial charge in [-0.3, -0.25) is 4.79 Å². The summed E-state index contributed by atoms with van der Waals surface area (Å²) in [5.41, 5.74) is 5.41. The fraction of sp³-hybridized carbons (Fsp3) is 0.882. The normalized spacial score (nSPS) is 29.9. The number of ether oxygens (including phenoxy) is 2. The summed E-state index contributed by atoms with van der Waals surface area (Å²) in [7, 11) is 0. The van der Waals surface area contributed by atoms with Gasteiger partial charge in [-0.15, -0.1) is 0 Å². The Morgan fingerprint density at radius 2 is 2.00 bits per heavy atom. The molecule has 0 saturated carbocycles. The van der Waals surface area contributed by atoms with Crippen LogP contribution in [0.5, 0.6) is 0 Å². The number of hydrogen-bond donors (Lipinski definition) is 7. The summed E-state index contributed by atoms with van der Waals surface area (Å²) < 4.78 is 10.9. The monoisotopic (exact) mass is 408 g/mol. The number of carboxylic acids is 1. The fourth-order valence-electron chi connectivity index (χ4n) is 2.99. The van der Waals surface area contributed by atoms with Crippen molar-refractivity contribution in [1.82, 2.24) is 5.32 Å². The van der Waals surface area contributed by atoms with E-state index >= 15 is 0 Å². The summed E-state index contributed by atoms with van der Waals surface area (Å²) in [5.74, 6) is -4.24. The van der Waals surface area contributed by atoms with E-state index in [1.54, 1.807) is 6.92 Å². The van der Waals surface area contributed by atoms with Crippen LogP contribution in [0.1, 0.15) is 39.0 Å². The van der Waals surface area contributed by atoms with Gasteiger partial charge in [-0.1, -0.05) is 6.92 Å². The minimum absolute atomic E-state index is 0.0103. The van der Waals surface area contributed by atoms with Crippen LogP contribution >= 0.6 is 0 Å². The molecule has 1 aliphatic rings. The second kappa shape index (κ2) is 11.6. The molecule has 0 aromatic heterocycles. The molecular weight excluding hydrogens is 376 g/mol. The van der Waals surface area contributed by atoms with Gasteiger partial charge < -0.3 is 46.1 Å². The van der Waals surface area contributed by atoms with E-state index in [-0.39, 0.29) is 13.0 Å². The van der Waals surface area contributed by atoms with Crippen molar-refractivity contribution < 1.29 is 44.6 Å². The van der Waals surface area contributed by atoms with Crippen LogP contribution in [-0.2, 0) is 19.1 Å². The molecule has 0 aliphatic carbocycles. The number of carboxylic acid groups (broad SMARTS) is 1. The van der Waals surface area contributed by atoms with E-state index in [0.29, 0.717) is 19.4 Å². The lowest BCUT2D eigenvalue weighted by atomic mass is 9.88. The Kier molecular flexibility index (Phi) is 10.2. The fourth-order valence-corrected chi connectivity index (χ4v) is 2.99. The van der Waals surface area contributed by atoms with Gasteiger partial charge in [0.2, 0.25) is 5.91 Å². The molecule has 164 valence electrons. The van der Waals surface area contributed by atoms with Crippen molar-refractivity contribution in [3.05, 3.63) is 0 Å². The first-order valence-corrected chi connectivity index (χ1v) is 9.42. The number of amides is 1. The van der Waals surface area contributed by atoms with Gasteiger partial charge in [0.05, 0.1) is 25.4 Å². The number of aliphatic carboxylic acids is 1. The number of nitrogens with two attached hydrogens (primary N) is 1. The molecule has 1 amide bonds. The summed E-state index contributed by atoms with van der Waals surface area (Å²) in [6.45, 7) is 1.25. The van der Waals surface area contributed by atoms with Crippen molar-refractivity contribution in [2.24, 2.45) is 5.73 Å². The smallest absolute Gasteiger partial charge is 0.364 e. The molecule has 0 aromatic carbocycles. The zero-order valence-corrected chi connectivity index (χ0v) is 16.0. The van der Waals surface area contributed by atoms with Crippen LogP contribution in [0.25, 0.3) is 0 Å². The molecule has 11 nitrogen and oxygen atoms in total. The summed E-state index contributed by atoms with van der Waals surface area (Å²) in [6.07, 6.45) is -4.87. The highest BCUT2D eigenvalue weighted by molar-refractivity contribution is 5.77. The Balaban J connectivity index is 3.05. The molecule has 0 unspecified atom stereocenters. The maximum atomic E-state index is 11.9. The first kappa shape index (κ1) is 24.7. The molecule has 1 aliphatic heterocycles. The van der Waals surface area contributed by atoms with Crippen LogP contribution in [0.3, 0.4) is 0 Å². The van der Waals surface area contributed by atoms with Crippen molar-refractivity contribution in [2.45, 2.75) is 75.3 Å². The van der Waals surface area contributed by atoms with Crippen LogP contribution in [0.4, 0.5) is 0 Å². The average Bonchev–Trinajstić information content (AvgIpc) is 2.67. The lowest BCUT2D eigenvalue weighted by Gasteiger charge is -2.46. The molecule has 1 heterocycles. The van der Waals surface area contributed by atoms with Crippen molar-refractivity contribution >= 4 is 11.9 Å². The lowest BCUT2D eigenvalue weighted by Crippen LogP contribution is -2.68. The predicted octanol–water partition coefficient (Wildman–Crippen LogP) is -2.33. The number of aliphatic hydroxyl groups is 4. The zero-order chi connectivity index (χ0) is 21.3. The first-order chi connectivity index (χ1) is 13.2. The Labute approximate surface area is 163 Å². The Morgan fingerprint density at radius 1 is 1.32 bits per heavy atom. The topological polar surface area (TPSA) is 192 Å². The molecule has 8 N–H and O–H groups in total. The molecule has 11 heteroatoms. The summed E-state index contributed by atoms with van der Waals surface area (Å²) in [4.78, 5) is 23.6. The van der Waals surface area contributed by atoms with E-state index in [0.717, 1.165) is 6.42 Å². The number of aliphatic hydroxyl groups excluding tert-OH is 4. The third kappa shape index (κ3) is 6.34. The number of nitrogens with one attached hydrogen (secondary N) is 1. The van der Waals surface area contributed by atoms with Gasteiger partial charge in [0.1, 0.15) is 18.3 Å². The van der Waals surface area contributed by atoms with Gasteiger partial charge in [-0.05, 0) is 25.8 Å². The third-order valence-corrected chi connectivity index (χ3v) is 4.65. The molecular formula is C17H32N2O9. The average molecular weight is 408 g/mol. The minimum Gasteiger partial charge on any atom is -0.477 e. The molecule has 6 atom stereocenters. The maximum Gasteiger partial charge on any atom is 0.364 e. The van der Waals surface area contributed by atoms with E-state index < -0.39 is 61.1 Å².